The highest BCUT2D eigenvalue weighted by atomic mass is 19.1. The van der Waals surface area contributed by atoms with E-state index in [4.69, 9.17) is 9.94 Å². The van der Waals surface area contributed by atoms with Gasteiger partial charge in [-0.1, -0.05) is 44.0 Å². The van der Waals surface area contributed by atoms with Crippen LogP contribution in [0, 0.1) is 5.92 Å². The first-order valence-electron chi connectivity index (χ1n) is 11.5. The normalized spacial score (nSPS) is 17.0. The average Bonchev–Trinajstić information content (AvgIpc) is 3.34. The third-order valence-electron chi connectivity index (χ3n) is 5.82. The smallest absolute Gasteiger partial charge is 0.278 e. The van der Waals surface area contributed by atoms with E-state index in [-0.39, 0.29) is 12.3 Å². The number of alkyl halides is 1. The maximum Gasteiger partial charge on any atom is 0.278 e. The summed E-state index contributed by atoms with van der Waals surface area (Å²) in [5.74, 6) is -2.31. The number of carbonyl (C=O) groups is 3. The maximum absolute atomic E-state index is 14.7. The van der Waals surface area contributed by atoms with Gasteiger partial charge in [-0.2, -0.15) is 0 Å². The second-order valence-corrected chi connectivity index (χ2v) is 8.25. The molecule has 0 unspecified atom stereocenters. The minimum absolute atomic E-state index is 0.146. The van der Waals surface area contributed by atoms with Crippen molar-refractivity contribution in [3.05, 3.63) is 54.6 Å². The van der Waals surface area contributed by atoms with Gasteiger partial charge in [-0.25, -0.2) is 9.87 Å². The number of para-hydroxylation sites is 1. The van der Waals surface area contributed by atoms with Crippen LogP contribution in [0.15, 0.2) is 54.6 Å². The van der Waals surface area contributed by atoms with Gasteiger partial charge in [0.15, 0.2) is 6.17 Å². The summed E-state index contributed by atoms with van der Waals surface area (Å²) in [6.07, 6.45) is 0.219. The van der Waals surface area contributed by atoms with Crippen LogP contribution < -0.4 is 15.5 Å². The summed E-state index contributed by atoms with van der Waals surface area (Å²) in [5.41, 5.74) is 1.78. The van der Waals surface area contributed by atoms with Crippen LogP contribution in [-0.4, -0.2) is 46.6 Å². The number of ether oxygens (including phenoxy) is 1. The van der Waals surface area contributed by atoms with E-state index in [1.165, 1.54) is 10.4 Å². The first kappa shape index (κ1) is 25.2. The summed E-state index contributed by atoms with van der Waals surface area (Å²) >= 11 is 0. The number of nitrogens with zero attached hydrogens (tertiary/aromatic N) is 1. The fourth-order valence-corrected chi connectivity index (χ4v) is 4.07. The Morgan fingerprint density at radius 2 is 1.88 bits per heavy atom. The molecule has 182 valence electrons. The monoisotopic (exact) mass is 471 g/mol. The molecule has 1 fully saturated rings. The first-order valence-corrected chi connectivity index (χ1v) is 11.5. The number of carbonyl (C=O) groups excluding carboxylic acids is 3. The lowest BCUT2D eigenvalue weighted by atomic mass is 9.94. The Labute approximate surface area is 198 Å². The van der Waals surface area contributed by atoms with Gasteiger partial charge in [0.25, 0.3) is 5.91 Å². The zero-order valence-electron chi connectivity index (χ0n) is 19.1. The Balaban J connectivity index is 1.70. The predicted molar refractivity (Wildman–Crippen MR) is 124 cm³/mol. The van der Waals surface area contributed by atoms with Crippen molar-refractivity contribution in [2.24, 2.45) is 5.92 Å². The van der Waals surface area contributed by atoms with Gasteiger partial charge in [-0.3, -0.25) is 19.6 Å². The van der Waals surface area contributed by atoms with E-state index in [0.29, 0.717) is 49.4 Å². The van der Waals surface area contributed by atoms with E-state index >= 15 is 0 Å². The van der Waals surface area contributed by atoms with Gasteiger partial charge in [0.2, 0.25) is 11.8 Å². The molecule has 0 aliphatic carbocycles. The first-order chi connectivity index (χ1) is 16.4. The largest absolute Gasteiger partial charge is 0.457 e. The second kappa shape index (κ2) is 12.1. The lowest BCUT2D eigenvalue weighted by Crippen LogP contribution is -2.49. The van der Waals surface area contributed by atoms with Crippen LogP contribution in [0.3, 0.4) is 0 Å². The Hall–Kier alpha value is -3.46. The number of amides is 3. The lowest BCUT2D eigenvalue weighted by molar-refractivity contribution is -0.148. The molecule has 0 spiro atoms. The molecule has 34 heavy (non-hydrogen) atoms. The van der Waals surface area contributed by atoms with Gasteiger partial charge in [-0.05, 0) is 43.5 Å². The van der Waals surface area contributed by atoms with E-state index in [0.717, 1.165) is 0 Å². The van der Waals surface area contributed by atoms with E-state index in [2.05, 4.69) is 5.32 Å². The van der Waals surface area contributed by atoms with Gasteiger partial charge in [0.1, 0.15) is 17.5 Å². The van der Waals surface area contributed by atoms with Gasteiger partial charge in [-0.15, -0.1) is 0 Å². The summed E-state index contributed by atoms with van der Waals surface area (Å²) in [5, 5.41) is 11.6. The van der Waals surface area contributed by atoms with Gasteiger partial charge >= 0.3 is 0 Å². The Morgan fingerprint density at radius 3 is 2.59 bits per heavy atom. The van der Waals surface area contributed by atoms with Crippen molar-refractivity contribution in [1.82, 2.24) is 10.4 Å². The number of benzene rings is 2. The van der Waals surface area contributed by atoms with Crippen LogP contribution in [0.25, 0.3) is 0 Å². The molecule has 2 aromatic rings. The average molecular weight is 472 g/mol. The molecule has 2 aromatic carbocycles. The van der Waals surface area contributed by atoms with E-state index in [9.17, 15) is 18.8 Å². The number of nitrogens with one attached hydrogen (secondary N) is 2. The number of unbranched alkanes of at least 4 members (excludes halogenated alkanes) is 1. The molecule has 3 N–H and O–H groups in total. The van der Waals surface area contributed by atoms with Crippen LogP contribution >= 0.6 is 0 Å². The Kier molecular flexibility index (Phi) is 8.98. The van der Waals surface area contributed by atoms with Gasteiger partial charge in [0, 0.05) is 18.3 Å². The van der Waals surface area contributed by atoms with Crippen LogP contribution in [0.4, 0.5) is 10.1 Å². The van der Waals surface area contributed by atoms with Crippen molar-refractivity contribution in [3.8, 4) is 11.5 Å². The molecule has 8 nitrogen and oxygen atoms in total. The molecule has 0 bridgehead atoms. The SMILES string of the molecule is CCCC[C@@H](C(=O)N1CCC[C@H]1C(=O)Nc1cccc(Oc2ccccc2)c1)[C@H](F)C(=O)NO. The van der Waals surface area contributed by atoms with E-state index < -0.39 is 29.9 Å². The van der Waals surface area contributed by atoms with Crippen molar-refractivity contribution in [1.29, 1.82) is 0 Å². The number of halogens is 1. The molecular weight excluding hydrogens is 441 g/mol. The van der Waals surface area contributed by atoms with Crippen molar-refractivity contribution in [2.45, 2.75) is 51.2 Å². The molecule has 0 radical (unpaired) electrons. The highest BCUT2D eigenvalue weighted by Crippen LogP contribution is 2.28. The highest BCUT2D eigenvalue weighted by molar-refractivity contribution is 5.98. The number of hydroxylamine groups is 1. The van der Waals surface area contributed by atoms with Crippen molar-refractivity contribution in [2.75, 3.05) is 11.9 Å². The third kappa shape index (κ3) is 6.32. The second-order valence-electron chi connectivity index (χ2n) is 8.25. The standard InChI is InChI=1S/C25H30FN3O5/c1-2-3-13-20(22(26)24(31)28-33)25(32)29-15-8-14-21(29)23(30)27-17-9-7-12-19(16-17)34-18-10-5-4-6-11-18/h4-7,9-12,16,20-22,33H,2-3,8,13-15H2,1H3,(H,27,30)(H,28,31)/t20-,21+,22+/m1/s1. The zero-order valence-corrected chi connectivity index (χ0v) is 19.1. The molecule has 0 aromatic heterocycles. The van der Waals surface area contributed by atoms with Crippen LogP contribution in [0.5, 0.6) is 11.5 Å². The molecule has 1 aliphatic heterocycles. The van der Waals surface area contributed by atoms with E-state index in [1.54, 1.807) is 24.3 Å². The molecule has 3 rings (SSSR count). The minimum atomic E-state index is -2.19. The fraction of sp³-hybridized carbons (Fsp3) is 0.400. The molecule has 3 atom stereocenters. The number of rotatable bonds is 10. The van der Waals surface area contributed by atoms with Gasteiger partial charge in [0.05, 0.1) is 5.92 Å². The lowest BCUT2D eigenvalue weighted by Gasteiger charge is -2.29. The maximum atomic E-state index is 14.7. The van der Waals surface area contributed by atoms with Crippen LogP contribution in [-0.2, 0) is 14.4 Å². The molecule has 9 heteroatoms. The molecule has 1 heterocycles. The predicted octanol–water partition coefficient (Wildman–Crippen LogP) is 4.06. The summed E-state index contributed by atoms with van der Waals surface area (Å²) in [6.45, 7) is 2.19. The van der Waals surface area contributed by atoms with Crippen LogP contribution in [0.1, 0.15) is 39.0 Å². The number of anilines is 1. The number of likely N-dealkylation sites (tertiary alicyclic amines) is 1. The highest BCUT2D eigenvalue weighted by Gasteiger charge is 2.41. The molecule has 1 aliphatic rings. The zero-order chi connectivity index (χ0) is 24.5. The minimum Gasteiger partial charge on any atom is -0.457 e. The fourth-order valence-electron chi connectivity index (χ4n) is 4.07. The summed E-state index contributed by atoms with van der Waals surface area (Å²) < 4.78 is 20.5. The summed E-state index contributed by atoms with van der Waals surface area (Å²) in [7, 11) is 0. The Morgan fingerprint density at radius 1 is 1.15 bits per heavy atom. The van der Waals surface area contributed by atoms with Crippen molar-refractivity contribution in [3.63, 3.8) is 0 Å². The topological polar surface area (TPSA) is 108 Å². The van der Waals surface area contributed by atoms with Crippen molar-refractivity contribution < 1.29 is 28.7 Å². The van der Waals surface area contributed by atoms with Crippen LogP contribution in [0.2, 0.25) is 0 Å². The quantitative estimate of drug-likeness (QED) is 0.358. The number of hydrogen-bond acceptors (Lipinski definition) is 5. The Bertz CT molecular complexity index is 988. The molecule has 0 saturated carbocycles. The third-order valence-corrected chi connectivity index (χ3v) is 5.82. The van der Waals surface area contributed by atoms with E-state index in [1.807, 2.05) is 37.3 Å². The van der Waals surface area contributed by atoms with Gasteiger partial charge < -0.3 is 15.0 Å². The van der Waals surface area contributed by atoms with Crippen molar-refractivity contribution >= 4 is 23.4 Å². The summed E-state index contributed by atoms with van der Waals surface area (Å²) in [6, 6.07) is 15.3. The molecular formula is C25H30FN3O5. The number of hydrogen-bond donors (Lipinski definition) is 3. The summed E-state index contributed by atoms with van der Waals surface area (Å²) in [4.78, 5) is 39.2. The molecule has 1 saturated heterocycles. The molecule has 3 amide bonds.